The van der Waals surface area contributed by atoms with Gasteiger partial charge < -0.3 is 14.2 Å². The molecule has 0 aliphatic carbocycles. The molecule has 0 atom stereocenters. The van der Waals surface area contributed by atoms with E-state index in [1.165, 1.54) is 17.1 Å². The molecule has 0 saturated carbocycles. The lowest BCUT2D eigenvalue weighted by Gasteiger charge is -2.10. The Morgan fingerprint density at radius 3 is 2.24 bits per heavy atom. The average molecular weight is 434 g/mol. The Bertz CT molecular complexity index is 1650. The third-order valence-electron chi connectivity index (χ3n) is 5.77. The van der Waals surface area contributed by atoms with Crippen molar-refractivity contribution in [3.63, 3.8) is 0 Å². The van der Waals surface area contributed by atoms with Gasteiger partial charge in [0.05, 0.1) is 34.1 Å². The summed E-state index contributed by atoms with van der Waals surface area (Å²) < 4.78 is 5.48. The normalized spacial score (nSPS) is 11.2. The first-order valence-electron chi connectivity index (χ1n) is 10.3. The summed E-state index contributed by atoms with van der Waals surface area (Å²) in [6.45, 7) is 4.15. The quantitative estimate of drug-likeness (QED) is 0.437. The fourth-order valence-corrected chi connectivity index (χ4v) is 4.15. The first-order valence-corrected chi connectivity index (χ1v) is 10.3. The van der Waals surface area contributed by atoms with Gasteiger partial charge in [-0.25, -0.2) is 9.48 Å². The highest BCUT2D eigenvalue weighted by Gasteiger charge is 2.15. The van der Waals surface area contributed by atoms with E-state index in [0.717, 1.165) is 27.5 Å². The zero-order valence-electron chi connectivity index (χ0n) is 17.9. The average Bonchev–Trinajstić information content (AvgIpc) is 3.53. The molecule has 0 amide bonds. The zero-order valence-corrected chi connectivity index (χ0v) is 17.9. The molecule has 8 heteroatoms. The molecule has 0 spiro atoms. The van der Waals surface area contributed by atoms with Gasteiger partial charge in [-0.15, -0.1) is 0 Å². The van der Waals surface area contributed by atoms with E-state index in [0.29, 0.717) is 16.8 Å². The van der Waals surface area contributed by atoms with Gasteiger partial charge in [0.1, 0.15) is 12.1 Å². The summed E-state index contributed by atoms with van der Waals surface area (Å²) in [5.74, 6) is -1.05. The number of hydrogen-bond donors (Lipinski definition) is 1. The second-order valence-electron chi connectivity index (χ2n) is 8.06. The van der Waals surface area contributed by atoms with Crippen molar-refractivity contribution in [2.45, 2.75) is 19.9 Å². The molecular weight excluding hydrogens is 416 g/mol. The van der Waals surface area contributed by atoms with Crippen molar-refractivity contribution in [2.24, 2.45) is 0 Å². The van der Waals surface area contributed by atoms with Gasteiger partial charge in [0, 0.05) is 46.6 Å². The molecule has 0 saturated heterocycles. The monoisotopic (exact) mass is 434 g/mol. The van der Waals surface area contributed by atoms with E-state index >= 15 is 0 Å². The van der Waals surface area contributed by atoms with Gasteiger partial charge in [-0.3, -0.25) is 0 Å². The number of carboxylic acids is 1. The molecule has 3 heterocycles. The Hall–Kier alpha value is -4.82. The van der Waals surface area contributed by atoms with Crippen molar-refractivity contribution in [3.8, 4) is 23.5 Å². The molecule has 0 aliphatic rings. The topological polar surface area (TPSA) is 113 Å². The lowest BCUT2D eigenvalue weighted by Crippen LogP contribution is -1.98. The zero-order chi connectivity index (χ0) is 23.3. The molecule has 160 valence electrons. The third-order valence-corrected chi connectivity index (χ3v) is 5.77. The molecule has 3 aromatic heterocycles. The number of rotatable bonds is 4. The number of benzene rings is 2. The van der Waals surface area contributed by atoms with Crippen LogP contribution in [-0.4, -0.2) is 30.0 Å². The highest BCUT2D eigenvalue weighted by Crippen LogP contribution is 2.31. The van der Waals surface area contributed by atoms with E-state index in [-0.39, 0.29) is 11.6 Å². The van der Waals surface area contributed by atoms with Crippen LogP contribution in [0.4, 0.5) is 0 Å². The van der Waals surface area contributed by atoms with Gasteiger partial charge in [-0.2, -0.15) is 15.6 Å². The Kier molecular flexibility index (Phi) is 4.51. The molecule has 8 nitrogen and oxygen atoms in total. The number of nitrogens with zero attached hydrogens (tertiary/aromatic N) is 6. The molecule has 5 rings (SSSR count). The maximum absolute atomic E-state index is 11.2. The van der Waals surface area contributed by atoms with Crippen LogP contribution in [0.1, 0.15) is 41.4 Å². The van der Waals surface area contributed by atoms with Crippen molar-refractivity contribution >= 4 is 27.8 Å². The standard InChI is InChI=1S/C25H18N6O2/c1-15(2)29-12-16(9-26)21-7-19(3-5-23(21)29)30-13-17(10-27)22-8-20(4-6-24(22)30)31-14-18(11-28-31)25(32)33/h3-8,11-15H,1-2H3,(H,32,33). The summed E-state index contributed by atoms with van der Waals surface area (Å²) in [5, 5.41) is 34.2. The second kappa shape index (κ2) is 7.40. The lowest BCUT2D eigenvalue weighted by molar-refractivity contribution is 0.0697. The molecule has 0 fully saturated rings. The summed E-state index contributed by atoms with van der Waals surface area (Å²) in [5.41, 5.74) is 4.47. The molecule has 0 unspecified atom stereocenters. The van der Waals surface area contributed by atoms with Crippen molar-refractivity contribution in [1.29, 1.82) is 10.5 Å². The summed E-state index contributed by atoms with van der Waals surface area (Å²) in [4.78, 5) is 11.2. The maximum atomic E-state index is 11.2. The van der Waals surface area contributed by atoms with Crippen molar-refractivity contribution < 1.29 is 9.90 Å². The van der Waals surface area contributed by atoms with Crippen LogP contribution in [0.3, 0.4) is 0 Å². The van der Waals surface area contributed by atoms with Crippen molar-refractivity contribution in [1.82, 2.24) is 18.9 Å². The van der Waals surface area contributed by atoms with E-state index in [9.17, 15) is 15.3 Å². The van der Waals surface area contributed by atoms with Gasteiger partial charge in [0.2, 0.25) is 0 Å². The maximum Gasteiger partial charge on any atom is 0.338 e. The molecule has 2 aromatic carbocycles. The Morgan fingerprint density at radius 2 is 1.58 bits per heavy atom. The molecule has 0 radical (unpaired) electrons. The first kappa shape index (κ1) is 20.1. The van der Waals surface area contributed by atoms with Gasteiger partial charge in [0.25, 0.3) is 0 Å². The minimum Gasteiger partial charge on any atom is -0.478 e. The van der Waals surface area contributed by atoms with Crippen molar-refractivity contribution in [2.75, 3.05) is 0 Å². The van der Waals surface area contributed by atoms with Gasteiger partial charge in [-0.1, -0.05) is 0 Å². The Balaban J connectivity index is 1.67. The fraction of sp³-hybridized carbons (Fsp3) is 0.120. The minimum atomic E-state index is -1.05. The number of carboxylic acid groups (broad SMARTS) is 1. The first-order chi connectivity index (χ1) is 15.9. The van der Waals surface area contributed by atoms with Crippen LogP contribution < -0.4 is 0 Å². The Morgan fingerprint density at radius 1 is 0.939 bits per heavy atom. The lowest BCUT2D eigenvalue weighted by atomic mass is 10.1. The van der Waals surface area contributed by atoms with E-state index < -0.39 is 5.97 Å². The summed E-state index contributed by atoms with van der Waals surface area (Å²) in [6.07, 6.45) is 6.36. The summed E-state index contributed by atoms with van der Waals surface area (Å²) in [7, 11) is 0. The van der Waals surface area contributed by atoms with Crippen LogP contribution in [0.5, 0.6) is 0 Å². The Labute approximate surface area is 188 Å². The molecule has 5 aromatic rings. The summed E-state index contributed by atoms with van der Waals surface area (Å²) in [6, 6.07) is 16.2. The molecule has 1 N–H and O–H groups in total. The number of carbonyl (C=O) groups is 1. The minimum absolute atomic E-state index is 0.0862. The van der Waals surface area contributed by atoms with Crippen LogP contribution >= 0.6 is 0 Å². The number of aromatic nitrogens is 4. The second-order valence-corrected chi connectivity index (χ2v) is 8.06. The van der Waals surface area contributed by atoms with E-state index in [4.69, 9.17) is 5.11 Å². The highest BCUT2D eigenvalue weighted by atomic mass is 16.4. The number of nitriles is 2. The van der Waals surface area contributed by atoms with E-state index in [2.05, 4.69) is 35.7 Å². The van der Waals surface area contributed by atoms with Crippen LogP contribution in [0, 0.1) is 22.7 Å². The van der Waals surface area contributed by atoms with Crippen molar-refractivity contribution in [3.05, 3.63) is 77.9 Å². The van der Waals surface area contributed by atoms with Crippen LogP contribution in [0.2, 0.25) is 0 Å². The van der Waals surface area contributed by atoms with Crippen LogP contribution in [-0.2, 0) is 0 Å². The highest BCUT2D eigenvalue weighted by molar-refractivity contribution is 5.92. The van der Waals surface area contributed by atoms with E-state index in [1.54, 1.807) is 6.20 Å². The number of hydrogen-bond acceptors (Lipinski definition) is 4. The number of fused-ring (bicyclic) bond motifs is 2. The van der Waals surface area contributed by atoms with Gasteiger partial charge in [-0.05, 0) is 50.2 Å². The van der Waals surface area contributed by atoms with Gasteiger partial charge >= 0.3 is 5.97 Å². The molecule has 0 aliphatic heterocycles. The van der Waals surface area contributed by atoms with Gasteiger partial charge in [0.15, 0.2) is 0 Å². The predicted octanol–water partition coefficient (Wildman–Crippen LogP) is 4.79. The smallest absolute Gasteiger partial charge is 0.338 e. The van der Waals surface area contributed by atoms with Crippen LogP contribution in [0.25, 0.3) is 33.2 Å². The molecule has 0 bridgehead atoms. The van der Waals surface area contributed by atoms with E-state index in [1.807, 2.05) is 47.2 Å². The predicted molar refractivity (Wildman–Crippen MR) is 123 cm³/mol. The summed E-state index contributed by atoms with van der Waals surface area (Å²) >= 11 is 0. The fourth-order valence-electron chi connectivity index (χ4n) is 4.15. The largest absolute Gasteiger partial charge is 0.478 e. The SMILES string of the molecule is CC(C)n1cc(C#N)c2cc(-n3cc(C#N)c4cc(-n5cc(C(=O)O)cn5)ccc43)ccc21. The molecule has 33 heavy (non-hydrogen) atoms. The third kappa shape index (κ3) is 3.13. The number of aromatic carboxylic acids is 1. The van der Waals surface area contributed by atoms with Crippen LogP contribution in [0.15, 0.2) is 61.2 Å². The molecular formula is C25H18N6O2.